The third-order valence-electron chi connectivity index (χ3n) is 4.16. The van der Waals surface area contributed by atoms with E-state index in [1.165, 1.54) is 17.8 Å². The van der Waals surface area contributed by atoms with E-state index in [-0.39, 0.29) is 24.1 Å². The lowest BCUT2D eigenvalue weighted by Gasteiger charge is -2.24. The predicted molar refractivity (Wildman–Crippen MR) is 82.8 cm³/mol. The number of nitrogen functional groups attached to an aromatic ring is 1. The van der Waals surface area contributed by atoms with Crippen molar-refractivity contribution in [3.63, 3.8) is 0 Å². The molecule has 2 aliphatic rings. The van der Waals surface area contributed by atoms with Crippen LogP contribution in [0.5, 0.6) is 5.88 Å². The van der Waals surface area contributed by atoms with Crippen LogP contribution in [-0.4, -0.2) is 50.6 Å². The van der Waals surface area contributed by atoms with E-state index in [2.05, 4.69) is 15.0 Å². The van der Waals surface area contributed by atoms with Crippen LogP contribution in [0, 0.1) is 0 Å². The fourth-order valence-corrected chi connectivity index (χ4v) is 3.94. The Hall–Kier alpha value is -1.94. The first-order chi connectivity index (χ1) is 11.9. The molecule has 5 atom stereocenters. The molecule has 134 valence electrons. The van der Waals surface area contributed by atoms with Gasteiger partial charge in [0.25, 0.3) is 0 Å². The van der Waals surface area contributed by atoms with E-state index in [4.69, 9.17) is 24.3 Å². The Morgan fingerprint density at radius 3 is 3.12 bits per heavy atom. The molecule has 0 bridgehead atoms. The van der Waals surface area contributed by atoms with Crippen molar-refractivity contribution < 1.29 is 27.5 Å². The zero-order valence-electron chi connectivity index (χ0n) is 13.5. The Bertz CT molecular complexity index is 846. The summed E-state index contributed by atoms with van der Waals surface area (Å²) in [7, 11) is -2.37. The number of ether oxygens (including phenoxy) is 2. The molecule has 25 heavy (non-hydrogen) atoms. The normalized spacial score (nSPS) is 33.6. The highest BCUT2D eigenvalue weighted by molar-refractivity contribution is 7.33. The van der Waals surface area contributed by atoms with Crippen LogP contribution < -0.4 is 10.5 Å². The van der Waals surface area contributed by atoms with Gasteiger partial charge in [0, 0.05) is 4.57 Å². The summed E-state index contributed by atoms with van der Waals surface area (Å²) < 4.78 is 49.5. The molecule has 0 saturated carbocycles. The van der Waals surface area contributed by atoms with Crippen LogP contribution in [0.25, 0.3) is 11.2 Å². The van der Waals surface area contributed by atoms with Crippen LogP contribution in [0.2, 0.25) is 0 Å². The van der Waals surface area contributed by atoms with Gasteiger partial charge < -0.3 is 15.2 Å². The maximum Gasteiger partial charge on any atom is 0.697 e. The van der Waals surface area contributed by atoms with Crippen molar-refractivity contribution in [3.05, 3.63) is 6.33 Å². The van der Waals surface area contributed by atoms with E-state index in [9.17, 15) is 4.57 Å². The minimum absolute atomic E-state index is 0.0240. The van der Waals surface area contributed by atoms with Gasteiger partial charge in [0.2, 0.25) is 11.8 Å². The summed E-state index contributed by atoms with van der Waals surface area (Å²) in [5.41, 5.74) is 4.35. The van der Waals surface area contributed by atoms with E-state index >= 15 is 4.39 Å². The molecular formula is C13H16FN5O5P+. The Labute approximate surface area is 142 Å². The largest absolute Gasteiger partial charge is 0.697 e. The van der Waals surface area contributed by atoms with Gasteiger partial charge in [0.1, 0.15) is 12.7 Å². The smallest absolute Gasteiger partial charge is 0.476 e. The number of rotatable bonds is 3. The summed E-state index contributed by atoms with van der Waals surface area (Å²) in [5, 5.41) is 0. The summed E-state index contributed by atoms with van der Waals surface area (Å²) >= 11 is 0. The lowest BCUT2D eigenvalue weighted by atomic mass is 9.98. The zero-order valence-corrected chi connectivity index (χ0v) is 14.4. The van der Waals surface area contributed by atoms with Crippen LogP contribution in [0.15, 0.2) is 6.33 Å². The molecule has 2 saturated heterocycles. The number of hydrogen-bond acceptors (Lipinski definition) is 9. The van der Waals surface area contributed by atoms with E-state index < -0.39 is 32.4 Å². The van der Waals surface area contributed by atoms with Gasteiger partial charge in [-0.2, -0.15) is 9.97 Å². The third-order valence-corrected chi connectivity index (χ3v) is 4.92. The minimum atomic E-state index is -2.37. The number of hydrogen-bond donors (Lipinski definition) is 1. The predicted octanol–water partition coefficient (Wildman–Crippen LogP) is 1.51. The molecule has 0 radical (unpaired) electrons. The molecule has 4 heterocycles. The van der Waals surface area contributed by atoms with Crippen molar-refractivity contribution in [2.24, 2.45) is 0 Å². The molecule has 2 aromatic rings. The van der Waals surface area contributed by atoms with Crippen molar-refractivity contribution >= 4 is 25.4 Å². The SMILES string of the molecule is CCOc1nc(N)nc2c1ncn2[C@@H]1O[C@@H]2CO[P+](=O)O[C@H]2[C@@]1(C)F. The monoisotopic (exact) mass is 372 g/mol. The molecule has 10 nitrogen and oxygen atoms in total. The van der Waals surface area contributed by atoms with Crippen molar-refractivity contribution in [3.8, 4) is 5.88 Å². The fourth-order valence-electron chi connectivity index (χ4n) is 3.08. The maximum atomic E-state index is 15.4. The van der Waals surface area contributed by atoms with Crippen LogP contribution in [0.4, 0.5) is 10.3 Å². The molecule has 2 fully saturated rings. The number of anilines is 1. The minimum Gasteiger partial charge on any atom is -0.476 e. The molecular weight excluding hydrogens is 356 g/mol. The summed E-state index contributed by atoms with van der Waals surface area (Å²) in [4.78, 5) is 12.3. The highest BCUT2D eigenvalue weighted by Crippen LogP contribution is 2.50. The molecule has 0 spiro atoms. The van der Waals surface area contributed by atoms with Gasteiger partial charge in [-0.25, -0.2) is 9.37 Å². The number of nitrogens with zero attached hydrogens (tertiary/aromatic N) is 4. The number of alkyl halides is 1. The Morgan fingerprint density at radius 2 is 2.36 bits per heavy atom. The average Bonchev–Trinajstić information content (AvgIpc) is 3.07. The fraction of sp³-hybridized carbons (Fsp3) is 0.615. The van der Waals surface area contributed by atoms with Crippen molar-refractivity contribution in [2.75, 3.05) is 18.9 Å². The summed E-state index contributed by atoms with van der Waals surface area (Å²) in [6.45, 7) is 3.45. The first kappa shape index (κ1) is 16.5. The molecule has 12 heteroatoms. The summed E-state index contributed by atoms with van der Waals surface area (Å²) in [6.07, 6.45) is -1.46. The average molecular weight is 372 g/mol. The number of fused-ring (bicyclic) bond motifs is 2. The number of imidazole rings is 1. The van der Waals surface area contributed by atoms with Crippen LogP contribution in [0.3, 0.4) is 0 Å². The number of aromatic nitrogens is 4. The molecule has 1 unspecified atom stereocenters. The second-order valence-corrected chi connectivity index (χ2v) is 6.78. The third kappa shape index (κ3) is 2.54. The molecule has 0 aliphatic carbocycles. The Morgan fingerprint density at radius 1 is 1.56 bits per heavy atom. The molecule has 2 aliphatic heterocycles. The lowest BCUT2D eigenvalue weighted by molar-refractivity contribution is -0.0576. The van der Waals surface area contributed by atoms with Gasteiger partial charge in [-0.1, -0.05) is 0 Å². The van der Waals surface area contributed by atoms with Gasteiger partial charge in [0.05, 0.1) is 12.9 Å². The first-order valence-corrected chi connectivity index (χ1v) is 8.75. The standard InChI is InChI=1S/C13H16FN5O5P/c1-3-21-10-7-9(17-12(15)18-10)19(5-16-7)11-13(2,14)8-6(23-11)4-22-25(20)24-8/h5-6,8,11H,3-4H2,1-2H3,(H2,15,17,18)/q+1/t6-,8-,11-,13-/m1/s1. The molecule has 2 N–H and O–H groups in total. The maximum absolute atomic E-state index is 15.4. The number of nitrogens with two attached hydrogens (primary N) is 1. The van der Waals surface area contributed by atoms with Gasteiger partial charge in [0.15, 0.2) is 29.2 Å². The van der Waals surface area contributed by atoms with Gasteiger partial charge in [-0.05, 0) is 13.8 Å². The molecule has 4 rings (SSSR count). The molecule has 0 aromatic carbocycles. The van der Waals surface area contributed by atoms with Gasteiger partial charge in [-0.15, -0.1) is 9.05 Å². The summed E-state index contributed by atoms with van der Waals surface area (Å²) in [6, 6.07) is 0. The highest BCUT2D eigenvalue weighted by atomic mass is 31.1. The van der Waals surface area contributed by atoms with Crippen LogP contribution >= 0.6 is 8.25 Å². The quantitative estimate of drug-likeness (QED) is 0.798. The lowest BCUT2D eigenvalue weighted by Crippen LogP contribution is -2.43. The van der Waals surface area contributed by atoms with Gasteiger partial charge >= 0.3 is 8.25 Å². The van der Waals surface area contributed by atoms with E-state index in [1.54, 1.807) is 6.92 Å². The highest BCUT2D eigenvalue weighted by Gasteiger charge is 2.63. The van der Waals surface area contributed by atoms with Gasteiger partial charge in [-0.3, -0.25) is 4.57 Å². The van der Waals surface area contributed by atoms with E-state index in [1.807, 2.05) is 0 Å². The van der Waals surface area contributed by atoms with Crippen LogP contribution in [0.1, 0.15) is 20.1 Å². The summed E-state index contributed by atoms with van der Waals surface area (Å²) in [5.74, 6) is 0.179. The van der Waals surface area contributed by atoms with Crippen molar-refractivity contribution in [1.29, 1.82) is 0 Å². The molecule has 0 amide bonds. The van der Waals surface area contributed by atoms with Crippen molar-refractivity contribution in [1.82, 2.24) is 19.5 Å². The zero-order chi connectivity index (χ0) is 17.8. The number of halogens is 1. The van der Waals surface area contributed by atoms with Crippen molar-refractivity contribution in [2.45, 2.75) is 38.0 Å². The van der Waals surface area contributed by atoms with Crippen LogP contribution in [-0.2, 0) is 18.3 Å². The Kier molecular flexibility index (Phi) is 3.84. The van der Waals surface area contributed by atoms with E-state index in [0.717, 1.165) is 0 Å². The second kappa shape index (κ2) is 5.80. The first-order valence-electron chi connectivity index (χ1n) is 7.66. The van der Waals surface area contributed by atoms with E-state index in [0.29, 0.717) is 12.1 Å². The second-order valence-electron chi connectivity index (χ2n) is 5.87. The molecule has 2 aromatic heterocycles. The Balaban J connectivity index is 1.78. The topological polar surface area (TPSA) is 124 Å².